The Hall–Kier alpha value is -5.83. The van der Waals surface area contributed by atoms with Crippen LogP contribution in [0.5, 0.6) is 5.75 Å². The molecule has 3 aromatic carbocycles. The van der Waals surface area contributed by atoms with Gasteiger partial charge in [-0.05, 0) is 91.6 Å². The van der Waals surface area contributed by atoms with E-state index in [1.807, 2.05) is 0 Å². The monoisotopic (exact) mass is 717 g/mol. The zero-order chi connectivity index (χ0) is 37.9. The third-order valence-corrected chi connectivity index (χ3v) is 8.80. The van der Waals surface area contributed by atoms with Crippen molar-refractivity contribution in [1.82, 2.24) is 26.6 Å². The maximum Gasteiger partial charge on any atom is 0.248 e. The second-order valence-electron chi connectivity index (χ2n) is 12.8. The summed E-state index contributed by atoms with van der Waals surface area (Å²) in [7, 11) is 0. The number of primary amides is 1. The number of nitrogens with two attached hydrogens (primary N) is 2. The second-order valence-corrected chi connectivity index (χ2v) is 12.8. The molecular weight excluding hydrogens is 673 g/mol. The number of carbonyl (C=O) groups excluding carboxylic acids is 6. The van der Waals surface area contributed by atoms with Crippen molar-refractivity contribution in [3.05, 3.63) is 100 Å². The number of phenolic OH excluding ortho intramolecular Hbond substituents is 1. The smallest absolute Gasteiger partial charge is 0.248 e. The standard InChI is InChI=1S/C37H44FN7O7/c1-20-16-25(46)17-21(2)26(20)18-27(39)34(49)42-28-10-6-7-15-41-30(47)19-29(33(40)48)43-36(51)32(23-11-13-24(38)14-12-23)45-37(52)31(44-35(28)50)22-8-4-3-5-9-22/h3-5,8-9,11-14,16-17,27-29,31-32,46H,6-7,10,15,18-19,39H2,1-2H3,(H2,40,48)(H,41,47)(H,42,49)(H,43,51)(H,44,50)(H,45,52)/t27-,28+,29-,31-,32-/m0/s1. The van der Waals surface area contributed by atoms with E-state index in [1.165, 1.54) is 12.1 Å². The number of rotatable bonds is 7. The van der Waals surface area contributed by atoms with Gasteiger partial charge in [-0.1, -0.05) is 42.5 Å². The van der Waals surface area contributed by atoms with E-state index in [0.717, 1.165) is 28.8 Å². The van der Waals surface area contributed by atoms with Crippen molar-refractivity contribution >= 4 is 35.4 Å². The number of aryl methyl sites for hydroxylation is 2. The Morgan fingerprint density at radius 1 is 0.865 bits per heavy atom. The zero-order valence-corrected chi connectivity index (χ0v) is 28.9. The summed E-state index contributed by atoms with van der Waals surface area (Å²) in [6.07, 6.45) is 0.441. The Labute approximate surface area is 300 Å². The fraction of sp³-hybridized carbons (Fsp3) is 0.351. The summed E-state index contributed by atoms with van der Waals surface area (Å²) in [4.78, 5) is 80.1. The molecule has 1 saturated heterocycles. The molecule has 0 unspecified atom stereocenters. The first-order valence-corrected chi connectivity index (χ1v) is 16.9. The molecule has 276 valence electrons. The Morgan fingerprint density at radius 3 is 2.06 bits per heavy atom. The van der Waals surface area contributed by atoms with Crippen LogP contribution in [0.3, 0.4) is 0 Å². The number of hydrogen-bond donors (Lipinski definition) is 8. The molecule has 0 aromatic heterocycles. The van der Waals surface area contributed by atoms with Crippen LogP contribution in [0.4, 0.5) is 4.39 Å². The van der Waals surface area contributed by atoms with E-state index in [-0.39, 0.29) is 30.7 Å². The van der Waals surface area contributed by atoms with Crippen LogP contribution in [0.25, 0.3) is 0 Å². The van der Waals surface area contributed by atoms with Crippen molar-refractivity contribution in [2.24, 2.45) is 11.5 Å². The van der Waals surface area contributed by atoms with Gasteiger partial charge >= 0.3 is 0 Å². The third kappa shape index (κ3) is 10.6. The van der Waals surface area contributed by atoms with Crippen molar-refractivity contribution in [2.75, 3.05) is 6.54 Å². The van der Waals surface area contributed by atoms with Gasteiger partial charge in [0, 0.05) is 6.54 Å². The van der Waals surface area contributed by atoms with E-state index in [1.54, 1.807) is 56.3 Å². The summed E-state index contributed by atoms with van der Waals surface area (Å²) in [5, 5.41) is 23.0. The SMILES string of the molecule is Cc1cc(O)cc(C)c1C[C@H](N)C(=O)N[C@@H]1CCCCNC(=O)C[C@@H](C(N)=O)NC(=O)[C@H](c2ccc(F)cc2)NC(=O)[C@H](c2ccccc2)NC1=O. The topological polar surface area (TPSA) is 235 Å². The normalized spacial score (nSPS) is 21.4. The Balaban J connectivity index is 1.66. The number of hydrogen-bond acceptors (Lipinski definition) is 8. The molecule has 10 N–H and O–H groups in total. The number of benzene rings is 3. The van der Waals surface area contributed by atoms with Gasteiger partial charge in [0.2, 0.25) is 35.4 Å². The lowest BCUT2D eigenvalue weighted by Gasteiger charge is -2.27. The van der Waals surface area contributed by atoms with Crippen molar-refractivity contribution < 1.29 is 38.3 Å². The highest BCUT2D eigenvalue weighted by Gasteiger charge is 2.34. The molecule has 0 bridgehead atoms. The molecule has 4 rings (SSSR count). The summed E-state index contributed by atoms with van der Waals surface area (Å²) in [6, 6.07) is 9.42. The lowest BCUT2D eigenvalue weighted by Crippen LogP contribution is -2.54. The first kappa shape index (κ1) is 39.0. The number of nitrogens with one attached hydrogen (secondary N) is 5. The summed E-state index contributed by atoms with van der Waals surface area (Å²) >= 11 is 0. The highest BCUT2D eigenvalue weighted by Crippen LogP contribution is 2.23. The van der Waals surface area contributed by atoms with Crippen molar-refractivity contribution in [3.8, 4) is 5.75 Å². The minimum Gasteiger partial charge on any atom is -0.508 e. The van der Waals surface area contributed by atoms with Gasteiger partial charge in [0.05, 0.1) is 12.5 Å². The summed E-state index contributed by atoms with van der Waals surface area (Å²) in [5.74, 6) is -5.22. The molecule has 0 spiro atoms. The molecule has 1 heterocycles. The van der Waals surface area contributed by atoms with Crippen LogP contribution in [-0.2, 0) is 35.2 Å². The van der Waals surface area contributed by atoms with E-state index in [4.69, 9.17) is 11.5 Å². The number of halogens is 1. The van der Waals surface area contributed by atoms with Gasteiger partial charge in [0.15, 0.2) is 0 Å². The fourth-order valence-corrected chi connectivity index (χ4v) is 5.96. The Kier molecular flexibility index (Phi) is 13.4. The minimum absolute atomic E-state index is 0.0839. The van der Waals surface area contributed by atoms with Crippen LogP contribution in [0.2, 0.25) is 0 Å². The predicted molar refractivity (Wildman–Crippen MR) is 188 cm³/mol. The van der Waals surface area contributed by atoms with E-state index in [0.29, 0.717) is 18.4 Å². The molecule has 1 aliphatic heterocycles. The molecule has 3 aromatic rings. The van der Waals surface area contributed by atoms with Crippen molar-refractivity contribution in [3.63, 3.8) is 0 Å². The predicted octanol–water partition coefficient (Wildman–Crippen LogP) is 0.878. The molecule has 0 radical (unpaired) electrons. The summed E-state index contributed by atoms with van der Waals surface area (Å²) in [6.45, 7) is 3.72. The Bertz CT molecular complexity index is 1770. The van der Waals surface area contributed by atoms with Gasteiger partial charge in [0.1, 0.15) is 35.7 Å². The number of phenols is 1. The number of aromatic hydroxyl groups is 1. The summed E-state index contributed by atoms with van der Waals surface area (Å²) in [5.41, 5.74) is 14.6. The molecule has 14 nitrogen and oxygen atoms in total. The molecule has 52 heavy (non-hydrogen) atoms. The maximum atomic E-state index is 14.0. The quantitative estimate of drug-likeness (QED) is 0.174. The summed E-state index contributed by atoms with van der Waals surface area (Å²) < 4.78 is 13.9. The van der Waals surface area contributed by atoms with E-state index < -0.39 is 77.9 Å². The van der Waals surface area contributed by atoms with Crippen LogP contribution in [-0.4, -0.2) is 65.2 Å². The van der Waals surface area contributed by atoms with E-state index in [2.05, 4.69) is 26.6 Å². The Morgan fingerprint density at radius 2 is 1.44 bits per heavy atom. The first-order chi connectivity index (χ1) is 24.7. The molecular formula is C37H44FN7O7. The van der Waals surface area contributed by atoms with Gasteiger partial charge in [-0.3, -0.25) is 28.8 Å². The second kappa shape index (κ2) is 17.9. The average molecular weight is 718 g/mol. The maximum absolute atomic E-state index is 14.0. The number of amides is 6. The van der Waals surface area contributed by atoms with Gasteiger partial charge in [-0.2, -0.15) is 0 Å². The highest BCUT2D eigenvalue weighted by molar-refractivity contribution is 5.97. The van der Waals surface area contributed by atoms with Crippen LogP contribution >= 0.6 is 0 Å². The fourth-order valence-electron chi connectivity index (χ4n) is 5.96. The molecule has 15 heteroatoms. The van der Waals surface area contributed by atoms with Crippen molar-refractivity contribution in [1.29, 1.82) is 0 Å². The van der Waals surface area contributed by atoms with E-state index >= 15 is 0 Å². The van der Waals surface area contributed by atoms with Crippen LogP contribution in [0.1, 0.15) is 65.6 Å². The lowest BCUT2D eigenvalue weighted by molar-refractivity contribution is -0.135. The number of carbonyl (C=O) groups is 6. The van der Waals surface area contributed by atoms with Crippen molar-refractivity contribution in [2.45, 2.75) is 76.2 Å². The first-order valence-electron chi connectivity index (χ1n) is 16.9. The molecule has 1 aliphatic rings. The van der Waals surface area contributed by atoms with E-state index in [9.17, 15) is 38.3 Å². The van der Waals surface area contributed by atoms with Crippen LogP contribution in [0, 0.1) is 19.7 Å². The molecule has 5 atom stereocenters. The molecule has 0 aliphatic carbocycles. The molecule has 0 saturated carbocycles. The average Bonchev–Trinajstić information content (AvgIpc) is 3.10. The molecule has 1 fully saturated rings. The minimum atomic E-state index is -1.52. The van der Waals surface area contributed by atoms with Gasteiger partial charge in [-0.25, -0.2) is 4.39 Å². The van der Waals surface area contributed by atoms with Crippen LogP contribution < -0.4 is 38.1 Å². The lowest BCUT2D eigenvalue weighted by atomic mass is 9.95. The highest BCUT2D eigenvalue weighted by atomic mass is 19.1. The zero-order valence-electron chi connectivity index (χ0n) is 28.9. The largest absolute Gasteiger partial charge is 0.508 e. The van der Waals surface area contributed by atoms with Gasteiger partial charge < -0.3 is 43.2 Å². The van der Waals surface area contributed by atoms with Gasteiger partial charge in [-0.15, -0.1) is 0 Å². The molecule has 6 amide bonds. The van der Waals surface area contributed by atoms with Gasteiger partial charge in [0.25, 0.3) is 0 Å². The third-order valence-electron chi connectivity index (χ3n) is 8.80. The van der Waals surface area contributed by atoms with Crippen LogP contribution in [0.15, 0.2) is 66.7 Å².